The molecule has 0 spiro atoms. The Morgan fingerprint density at radius 2 is 2.19 bits per heavy atom. The van der Waals surface area contributed by atoms with E-state index in [1.807, 2.05) is 18.4 Å². The Morgan fingerprint density at radius 1 is 1.43 bits per heavy atom. The zero-order valence-electron chi connectivity index (χ0n) is 11.5. The van der Waals surface area contributed by atoms with Gasteiger partial charge >= 0.3 is 0 Å². The largest absolute Gasteiger partial charge is 0.393 e. The molecular weight excluding hydrogens is 290 g/mol. The Kier molecular flexibility index (Phi) is 4.54. The maximum Gasteiger partial charge on any atom is 0.292 e. The molecule has 0 saturated carbocycles. The molecule has 6 nitrogen and oxygen atoms in total. The molecule has 1 heterocycles. The van der Waals surface area contributed by atoms with Crippen LogP contribution < -0.4 is 11.1 Å². The van der Waals surface area contributed by atoms with E-state index < -0.39 is 10.8 Å². The number of amides is 1. The summed E-state index contributed by atoms with van der Waals surface area (Å²) in [5.74, 6) is -0.411. The van der Waals surface area contributed by atoms with Crippen LogP contribution in [0.1, 0.15) is 27.7 Å². The molecule has 0 atom stereocenters. The molecular formula is C14H15N3O3S. The van der Waals surface area contributed by atoms with Crippen LogP contribution in [-0.2, 0) is 13.0 Å². The summed E-state index contributed by atoms with van der Waals surface area (Å²) in [5.41, 5.74) is 6.64. The number of nitro benzene ring substituents is 1. The SMILES string of the molecule is CCc1ccsc1CNC(=O)c1cccc([N+](=O)[O-])c1N. The monoisotopic (exact) mass is 305 g/mol. The Labute approximate surface area is 125 Å². The average molecular weight is 305 g/mol. The number of benzene rings is 1. The fraction of sp³-hybridized carbons (Fsp3) is 0.214. The number of thiophene rings is 1. The Morgan fingerprint density at radius 3 is 2.86 bits per heavy atom. The normalized spacial score (nSPS) is 10.3. The third-order valence-corrected chi connectivity index (χ3v) is 4.12. The lowest BCUT2D eigenvalue weighted by Crippen LogP contribution is -2.24. The standard InChI is InChI=1S/C14H15N3O3S/c1-2-9-6-7-21-12(9)8-16-14(18)10-4-3-5-11(13(10)15)17(19)20/h3-7H,2,8,15H2,1H3,(H,16,18). The van der Waals surface area contributed by atoms with E-state index in [4.69, 9.17) is 5.73 Å². The van der Waals surface area contributed by atoms with Crippen molar-refractivity contribution in [2.24, 2.45) is 0 Å². The minimum atomic E-state index is -0.597. The predicted molar refractivity (Wildman–Crippen MR) is 82.4 cm³/mol. The van der Waals surface area contributed by atoms with Crippen molar-refractivity contribution in [1.29, 1.82) is 0 Å². The van der Waals surface area contributed by atoms with Crippen LogP contribution in [0.5, 0.6) is 0 Å². The number of para-hydroxylation sites is 1. The molecule has 1 amide bonds. The van der Waals surface area contributed by atoms with Gasteiger partial charge in [-0.05, 0) is 29.5 Å². The topological polar surface area (TPSA) is 98.3 Å². The van der Waals surface area contributed by atoms with Gasteiger partial charge in [-0.2, -0.15) is 0 Å². The lowest BCUT2D eigenvalue weighted by molar-refractivity contribution is -0.383. The number of hydrogen-bond donors (Lipinski definition) is 2. The third kappa shape index (κ3) is 3.19. The van der Waals surface area contributed by atoms with Gasteiger partial charge in [0.1, 0.15) is 5.69 Å². The molecule has 0 fully saturated rings. The molecule has 0 aliphatic carbocycles. The molecule has 0 bridgehead atoms. The summed E-state index contributed by atoms with van der Waals surface area (Å²) < 4.78 is 0. The number of carbonyl (C=O) groups excluding carboxylic acids is 1. The third-order valence-electron chi connectivity index (χ3n) is 3.15. The molecule has 2 rings (SSSR count). The van der Waals surface area contributed by atoms with Gasteiger partial charge in [-0.15, -0.1) is 11.3 Å². The minimum Gasteiger partial charge on any atom is -0.393 e. The minimum absolute atomic E-state index is 0.109. The molecule has 1 aromatic carbocycles. The van der Waals surface area contributed by atoms with E-state index in [9.17, 15) is 14.9 Å². The lowest BCUT2D eigenvalue weighted by Gasteiger charge is -2.08. The highest BCUT2D eigenvalue weighted by molar-refractivity contribution is 7.10. The number of nitro groups is 1. The van der Waals surface area contributed by atoms with Gasteiger partial charge in [0, 0.05) is 10.9 Å². The summed E-state index contributed by atoms with van der Waals surface area (Å²) in [5, 5.41) is 15.5. The van der Waals surface area contributed by atoms with E-state index in [-0.39, 0.29) is 16.9 Å². The highest BCUT2D eigenvalue weighted by Crippen LogP contribution is 2.25. The van der Waals surface area contributed by atoms with Crippen LogP contribution in [0.15, 0.2) is 29.6 Å². The fourth-order valence-corrected chi connectivity index (χ4v) is 2.92. The van der Waals surface area contributed by atoms with Crippen LogP contribution >= 0.6 is 11.3 Å². The quantitative estimate of drug-likeness (QED) is 0.504. The molecule has 1 aromatic heterocycles. The molecule has 0 saturated heterocycles. The summed E-state index contributed by atoms with van der Waals surface area (Å²) in [6.07, 6.45) is 0.896. The van der Waals surface area contributed by atoms with Crippen LogP contribution in [-0.4, -0.2) is 10.8 Å². The van der Waals surface area contributed by atoms with Gasteiger partial charge in [0.2, 0.25) is 0 Å². The van der Waals surface area contributed by atoms with Gasteiger partial charge < -0.3 is 11.1 Å². The summed E-state index contributed by atoms with van der Waals surface area (Å²) in [7, 11) is 0. The van der Waals surface area contributed by atoms with Crippen LogP contribution in [0, 0.1) is 10.1 Å². The number of carbonyl (C=O) groups is 1. The first-order valence-corrected chi connectivity index (χ1v) is 7.28. The molecule has 7 heteroatoms. The number of nitrogens with one attached hydrogen (secondary N) is 1. The van der Waals surface area contributed by atoms with Crippen molar-refractivity contribution in [3.05, 3.63) is 55.8 Å². The number of rotatable bonds is 5. The van der Waals surface area contributed by atoms with Crippen molar-refractivity contribution >= 4 is 28.6 Å². The number of nitrogens with zero attached hydrogens (tertiary/aromatic N) is 1. The molecule has 110 valence electrons. The average Bonchev–Trinajstić information content (AvgIpc) is 2.92. The van der Waals surface area contributed by atoms with E-state index in [0.717, 1.165) is 11.3 Å². The summed E-state index contributed by atoms with van der Waals surface area (Å²) >= 11 is 1.57. The second-order valence-electron chi connectivity index (χ2n) is 4.40. The highest BCUT2D eigenvalue weighted by atomic mass is 32.1. The number of nitrogens with two attached hydrogens (primary N) is 1. The second kappa shape index (κ2) is 6.36. The predicted octanol–water partition coefficient (Wildman–Crippen LogP) is 2.73. The zero-order valence-corrected chi connectivity index (χ0v) is 12.3. The molecule has 21 heavy (non-hydrogen) atoms. The van der Waals surface area contributed by atoms with Crippen LogP contribution in [0.2, 0.25) is 0 Å². The van der Waals surface area contributed by atoms with Crippen molar-refractivity contribution in [2.75, 3.05) is 5.73 Å². The number of anilines is 1. The maximum absolute atomic E-state index is 12.1. The Bertz CT molecular complexity index is 682. The molecule has 0 unspecified atom stereocenters. The van der Waals surface area contributed by atoms with Crippen molar-refractivity contribution in [1.82, 2.24) is 5.32 Å². The van der Waals surface area contributed by atoms with Crippen LogP contribution in [0.25, 0.3) is 0 Å². The first-order chi connectivity index (χ1) is 10.0. The summed E-state index contributed by atoms with van der Waals surface area (Å²) in [6.45, 7) is 2.44. The smallest absolute Gasteiger partial charge is 0.292 e. The van der Waals surface area contributed by atoms with Gasteiger partial charge in [-0.25, -0.2) is 0 Å². The van der Waals surface area contributed by atoms with Gasteiger partial charge in [0.05, 0.1) is 17.0 Å². The van der Waals surface area contributed by atoms with E-state index in [1.165, 1.54) is 23.8 Å². The highest BCUT2D eigenvalue weighted by Gasteiger charge is 2.19. The molecule has 0 aliphatic rings. The second-order valence-corrected chi connectivity index (χ2v) is 5.40. The van der Waals surface area contributed by atoms with Gasteiger partial charge in [0.15, 0.2) is 0 Å². The van der Waals surface area contributed by atoms with E-state index in [2.05, 4.69) is 5.32 Å². The Hall–Kier alpha value is -2.41. The fourth-order valence-electron chi connectivity index (χ4n) is 2.00. The molecule has 3 N–H and O–H groups in total. The van der Waals surface area contributed by atoms with Crippen molar-refractivity contribution in [3.8, 4) is 0 Å². The lowest BCUT2D eigenvalue weighted by atomic mass is 10.1. The van der Waals surface area contributed by atoms with Crippen LogP contribution in [0.3, 0.4) is 0 Å². The van der Waals surface area contributed by atoms with Crippen LogP contribution in [0.4, 0.5) is 11.4 Å². The number of aryl methyl sites for hydroxylation is 1. The van der Waals surface area contributed by atoms with E-state index in [1.54, 1.807) is 11.3 Å². The zero-order chi connectivity index (χ0) is 15.4. The first-order valence-electron chi connectivity index (χ1n) is 6.41. The first kappa shape index (κ1) is 15.0. The van der Waals surface area contributed by atoms with Gasteiger partial charge in [0.25, 0.3) is 11.6 Å². The number of hydrogen-bond acceptors (Lipinski definition) is 5. The molecule has 2 aromatic rings. The van der Waals surface area contributed by atoms with Gasteiger partial charge in [-0.1, -0.05) is 13.0 Å². The van der Waals surface area contributed by atoms with E-state index >= 15 is 0 Å². The molecule has 0 radical (unpaired) electrons. The number of nitrogen functional groups attached to an aromatic ring is 1. The Balaban J connectivity index is 2.14. The van der Waals surface area contributed by atoms with Gasteiger partial charge in [-0.3, -0.25) is 14.9 Å². The maximum atomic E-state index is 12.1. The van der Waals surface area contributed by atoms with Crippen molar-refractivity contribution in [2.45, 2.75) is 19.9 Å². The summed E-state index contributed by atoms with van der Waals surface area (Å²) in [4.78, 5) is 23.4. The van der Waals surface area contributed by atoms with E-state index in [0.29, 0.717) is 6.54 Å². The van der Waals surface area contributed by atoms with Crippen molar-refractivity contribution in [3.63, 3.8) is 0 Å². The molecule has 0 aliphatic heterocycles. The summed E-state index contributed by atoms with van der Waals surface area (Å²) in [6, 6.07) is 6.23. The van der Waals surface area contributed by atoms with Crippen molar-refractivity contribution < 1.29 is 9.72 Å².